The molecule has 4 heteroatoms. The molecule has 0 bridgehead atoms. The molecule has 2 rings (SSSR count). The Kier molecular flexibility index (Phi) is 5.51. The van der Waals surface area contributed by atoms with Crippen molar-refractivity contribution in [2.75, 3.05) is 12.4 Å². The first-order valence-electron chi connectivity index (χ1n) is 6.96. The highest BCUT2D eigenvalue weighted by molar-refractivity contribution is 9.10. The Morgan fingerprint density at radius 2 is 1.90 bits per heavy atom. The molecule has 0 saturated carbocycles. The number of aromatic hydroxyl groups is 1. The molecule has 3 nitrogen and oxygen atoms in total. The maximum Gasteiger partial charge on any atom is 0.121 e. The summed E-state index contributed by atoms with van der Waals surface area (Å²) in [6, 6.07) is 13.6. The summed E-state index contributed by atoms with van der Waals surface area (Å²) in [7, 11) is 1.67. The van der Waals surface area contributed by atoms with Crippen LogP contribution in [0.4, 0.5) is 5.69 Å². The van der Waals surface area contributed by atoms with Gasteiger partial charge in [-0.2, -0.15) is 0 Å². The molecule has 0 fully saturated rings. The van der Waals surface area contributed by atoms with Crippen LogP contribution < -0.4 is 10.1 Å². The molecule has 21 heavy (non-hydrogen) atoms. The summed E-state index contributed by atoms with van der Waals surface area (Å²) >= 11 is 3.55. The van der Waals surface area contributed by atoms with E-state index in [0.29, 0.717) is 11.8 Å². The van der Waals surface area contributed by atoms with E-state index in [0.717, 1.165) is 28.8 Å². The number of aryl methyl sites for hydroxylation is 1. The van der Waals surface area contributed by atoms with Crippen molar-refractivity contribution in [2.45, 2.75) is 25.8 Å². The van der Waals surface area contributed by atoms with Gasteiger partial charge in [-0.25, -0.2) is 0 Å². The van der Waals surface area contributed by atoms with E-state index < -0.39 is 0 Å². The fourth-order valence-corrected chi connectivity index (χ4v) is 2.49. The smallest absolute Gasteiger partial charge is 0.121 e. The largest absolute Gasteiger partial charge is 0.508 e. The maximum atomic E-state index is 9.28. The maximum absolute atomic E-state index is 9.28. The van der Waals surface area contributed by atoms with Gasteiger partial charge in [-0.05, 0) is 65.5 Å². The van der Waals surface area contributed by atoms with Gasteiger partial charge in [0.05, 0.1) is 12.8 Å². The van der Waals surface area contributed by atoms with E-state index in [1.807, 2.05) is 30.3 Å². The van der Waals surface area contributed by atoms with Crippen LogP contribution in [-0.2, 0) is 6.42 Å². The number of anilines is 1. The van der Waals surface area contributed by atoms with Gasteiger partial charge in [0.25, 0.3) is 0 Å². The molecule has 0 radical (unpaired) electrons. The summed E-state index contributed by atoms with van der Waals surface area (Å²) in [4.78, 5) is 0. The van der Waals surface area contributed by atoms with E-state index in [-0.39, 0.29) is 0 Å². The SMILES string of the molecule is COc1ccc(Br)c(NC(C)CCc2ccc(O)cc2)c1. The molecule has 2 N–H and O–H groups in total. The van der Waals surface area contributed by atoms with Gasteiger partial charge >= 0.3 is 0 Å². The molecule has 0 amide bonds. The lowest BCUT2D eigenvalue weighted by Gasteiger charge is -2.17. The number of halogens is 1. The van der Waals surface area contributed by atoms with Gasteiger partial charge in [0, 0.05) is 16.6 Å². The number of methoxy groups -OCH3 is 1. The standard InChI is InChI=1S/C17H20BrNO2/c1-12(3-4-13-5-7-14(20)8-6-13)19-17-11-15(21-2)9-10-16(17)18/h5-12,19-20H,3-4H2,1-2H3. The molecule has 2 aromatic rings. The Morgan fingerprint density at radius 1 is 1.19 bits per heavy atom. The zero-order valence-electron chi connectivity index (χ0n) is 12.3. The van der Waals surface area contributed by atoms with E-state index in [2.05, 4.69) is 28.2 Å². The summed E-state index contributed by atoms with van der Waals surface area (Å²) in [5.41, 5.74) is 2.26. The van der Waals surface area contributed by atoms with Crippen molar-refractivity contribution in [3.8, 4) is 11.5 Å². The van der Waals surface area contributed by atoms with Crippen molar-refractivity contribution in [1.29, 1.82) is 0 Å². The van der Waals surface area contributed by atoms with Crippen LogP contribution in [0, 0.1) is 0 Å². The van der Waals surface area contributed by atoms with Crippen LogP contribution in [0.2, 0.25) is 0 Å². The lowest BCUT2D eigenvalue weighted by Crippen LogP contribution is -2.16. The van der Waals surface area contributed by atoms with Crippen LogP contribution in [0.15, 0.2) is 46.9 Å². The van der Waals surface area contributed by atoms with Crippen LogP contribution in [-0.4, -0.2) is 18.3 Å². The van der Waals surface area contributed by atoms with Crippen molar-refractivity contribution in [3.05, 3.63) is 52.5 Å². The zero-order valence-corrected chi connectivity index (χ0v) is 13.9. The number of benzene rings is 2. The predicted molar refractivity (Wildman–Crippen MR) is 90.2 cm³/mol. The van der Waals surface area contributed by atoms with Crippen molar-refractivity contribution >= 4 is 21.6 Å². The number of phenols is 1. The topological polar surface area (TPSA) is 41.5 Å². The number of hydrogen-bond acceptors (Lipinski definition) is 3. The second-order valence-electron chi connectivity index (χ2n) is 5.10. The Hall–Kier alpha value is -1.68. The van der Waals surface area contributed by atoms with Crippen LogP contribution >= 0.6 is 15.9 Å². The van der Waals surface area contributed by atoms with Gasteiger partial charge in [0.15, 0.2) is 0 Å². The van der Waals surface area contributed by atoms with Crippen molar-refractivity contribution in [3.63, 3.8) is 0 Å². The highest BCUT2D eigenvalue weighted by atomic mass is 79.9. The zero-order chi connectivity index (χ0) is 15.2. The second kappa shape index (κ2) is 7.36. The normalized spacial score (nSPS) is 12.0. The van der Waals surface area contributed by atoms with E-state index >= 15 is 0 Å². The lowest BCUT2D eigenvalue weighted by atomic mass is 10.1. The average molecular weight is 350 g/mol. The molecule has 2 aromatic carbocycles. The first-order valence-corrected chi connectivity index (χ1v) is 7.76. The summed E-state index contributed by atoms with van der Waals surface area (Å²) in [5, 5.41) is 12.8. The minimum absolute atomic E-state index is 0.310. The van der Waals surface area contributed by atoms with E-state index in [1.54, 1.807) is 19.2 Å². The predicted octanol–water partition coefficient (Wildman–Crippen LogP) is 4.60. The molecular formula is C17H20BrNO2. The van der Waals surface area contributed by atoms with Gasteiger partial charge in [-0.1, -0.05) is 12.1 Å². The molecule has 0 aliphatic heterocycles. The van der Waals surface area contributed by atoms with Crippen LogP contribution in [0.5, 0.6) is 11.5 Å². The third kappa shape index (κ3) is 4.67. The summed E-state index contributed by atoms with van der Waals surface area (Å²) < 4.78 is 6.27. The first-order chi connectivity index (χ1) is 10.1. The van der Waals surface area contributed by atoms with Gasteiger partial charge < -0.3 is 15.2 Å². The fourth-order valence-electron chi connectivity index (χ4n) is 2.13. The van der Waals surface area contributed by atoms with Crippen molar-refractivity contribution < 1.29 is 9.84 Å². The average Bonchev–Trinajstić information content (AvgIpc) is 2.49. The number of nitrogens with one attached hydrogen (secondary N) is 1. The Labute approximate surface area is 134 Å². The van der Waals surface area contributed by atoms with Crippen molar-refractivity contribution in [2.24, 2.45) is 0 Å². The van der Waals surface area contributed by atoms with Crippen molar-refractivity contribution in [1.82, 2.24) is 0 Å². The quantitative estimate of drug-likeness (QED) is 0.800. The summed E-state index contributed by atoms with van der Waals surface area (Å²) in [6.45, 7) is 2.16. The molecular weight excluding hydrogens is 330 g/mol. The minimum atomic E-state index is 0.310. The fraction of sp³-hybridized carbons (Fsp3) is 0.294. The Bertz CT molecular complexity index is 584. The van der Waals surface area contributed by atoms with Crippen LogP contribution in [0.3, 0.4) is 0 Å². The molecule has 112 valence electrons. The van der Waals surface area contributed by atoms with E-state index in [1.165, 1.54) is 5.56 Å². The minimum Gasteiger partial charge on any atom is -0.508 e. The Balaban J connectivity index is 1.92. The summed E-state index contributed by atoms with van der Waals surface area (Å²) in [6.07, 6.45) is 1.98. The monoisotopic (exact) mass is 349 g/mol. The molecule has 1 unspecified atom stereocenters. The molecule has 1 atom stereocenters. The van der Waals surface area contributed by atoms with E-state index in [9.17, 15) is 5.11 Å². The van der Waals surface area contributed by atoms with Gasteiger partial charge in [0.1, 0.15) is 11.5 Å². The second-order valence-corrected chi connectivity index (χ2v) is 5.95. The lowest BCUT2D eigenvalue weighted by molar-refractivity contribution is 0.415. The number of ether oxygens (including phenoxy) is 1. The van der Waals surface area contributed by atoms with E-state index in [4.69, 9.17) is 4.74 Å². The third-order valence-corrected chi connectivity index (χ3v) is 4.07. The van der Waals surface area contributed by atoms with Gasteiger partial charge in [0.2, 0.25) is 0 Å². The molecule has 0 saturated heterocycles. The molecule has 0 aromatic heterocycles. The highest BCUT2D eigenvalue weighted by Crippen LogP contribution is 2.28. The highest BCUT2D eigenvalue weighted by Gasteiger charge is 2.07. The Morgan fingerprint density at radius 3 is 2.57 bits per heavy atom. The molecule has 0 heterocycles. The summed E-state index contributed by atoms with van der Waals surface area (Å²) in [5.74, 6) is 1.15. The van der Waals surface area contributed by atoms with Crippen LogP contribution in [0.1, 0.15) is 18.9 Å². The van der Waals surface area contributed by atoms with Gasteiger partial charge in [-0.3, -0.25) is 0 Å². The molecule has 0 spiro atoms. The third-order valence-electron chi connectivity index (χ3n) is 3.38. The number of rotatable bonds is 6. The molecule has 0 aliphatic carbocycles. The van der Waals surface area contributed by atoms with Crippen LogP contribution in [0.25, 0.3) is 0 Å². The number of phenolic OH excluding ortho intramolecular Hbond substituents is 1. The first kappa shape index (κ1) is 15.7. The van der Waals surface area contributed by atoms with Gasteiger partial charge in [-0.15, -0.1) is 0 Å². The number of hydrogen-bond donors (Lipinski definition) is 2. The molecule has 0 aliphatic rings.